The molecule has 0 aliphatic carbocycles. The minimum absolute atomic E-state index is 0.253. The average molecular weight is 362 g/mol. The summed E-state index contributed by atoms with van der Waals surface area (Å²) in [4.78, 5) is 9.11. The number of hydrogen-bond acceptors (Lipinski definition) is 6. The summed E-state index contributed by atoms with van der Waals surface area (Å²) in [6.07, 6.45) is 0. The minimum atomic E-state index is 0.253. The van der Waals surface area contributed by atoms with E-state index in [-0.39, 0.29) is 6.79 Å². The maximum atomic E-state index is 5.42. The monoisotopic (exact) mass is 362 g/mol. The van der Waals surface area contributed by atoms with Crippen LogP contribution in [0.2, 0.25) is 0 Å². The number of benzene rings is 2. The van der Waals surface area contributed by atoms with Crippen LogP contribution >= 0.6 is 0 Å². The maximum absolute atomic E-state index is 5.42. The standard InChI is InChI=1S/C21H22N4O2/c1-12-7-13(2)20(14(3)8-12)24-19-9-15(4)22-21(25-19)23-16-5-6-17-18(10-16)27-11-26-17/h5-10H,11H2,1-4H3,(H2,22,23,24,25). The highest BCUT2D eigenvalue weighted by Crippen LogP contribution is 2.35. The van der Waals surface area contributed by atoms with Gasteiger partial charge in [0.25, 0.3) is 0 Å². The molecule has 0 spiro atoms. The van der Waals surface area contributed by atoms with E-state index in [2.05, 4.69) is 53.5 Å². The van der Waals surface area contributed by atoms with E-state index >= 15 is 0 Å². The van der Waals surface area contributed by atoms with Gasteiger partial charge >= 0.3 is 0 Å². The number of aromatic nitrogens is 2. The molecule has 0 amide bonds. The summed E-state index contributed by atoms with van der Waals surface area (Å²) in [6, 6.07) is 11.9. The first-order valence-corrected chi connectivity index (χ1v) is 8.85. The largest absolute Gasteiger partial charge is 0.454 e. The second-order valence-electron chi connectivity index (χ2n) is 6.81. The molecule has 3 aromatic rings. The van der Waals surface area contributed by atoms with Gasteiger partial charge in [-0.15, -0.1) is 0 Å². The van der Waals surface area contributed by atoms with Crippen molar-refractivity contribution in [3.8, 4) is 11.5 Å². The lowest BCUT2D eigenvalue weighted by atomic mass is 10.1. The van der Waals surface area contributed by atoms with Gasteiger partial charge < -0.3 is 20.1 Å². The van der Waals surface area contributed by atoms with Crippen LogP contribution in [0.3, 0.4) is 0 Å². The molecule has 4 rings (SSSR count). The van der Waals surface area contributed by atoms with Crippen LogP contribution in [0.4, 0.5) is 23.1 Å². The van der Waals surface area contributed by atoms with Gasteiger partial charge in [0.1, 0.15) is 5.82 Å². The lowest BCUT2D eigenvalue weighted by Gasteiger charge is -2.15. The van der Waals surface area contributed by atoms with E-state index in [1.165, 1.54) is 16.7 Å². The van der Waals surface area contributed by atoms with Crippen LogP contribution in [-0.2, 0) is 0 Å². The Labute approximate surface area is 158 Å². The molecule has 1 aromatic heterocycles. The third kappa shape index (κ3) is 3.65. The first-order chi connectivity index (χ1) is 13.0. The molecule has 138 valence electrons. The molecule has 1 aliphatic rings. The molecule has 2 aromatic carbocycles. The fourth-order valence-corrected chi connectivity index (χ4v) is 3.30. The fourth-order valence-electron chi connectivity index (χ4n) is 3.30. The summed E-state index contributed by atoms with van der Waals surface area (Å²) in [5, 5.41) is 6.68. The van der Waals surface area contributed by atoms with Gasteiger partial charge in [-0.1, -0.05) is 17.7 Å². The summed E-state index contributed by atoms with van der Waals surface area (Å²) in [7, 11) is 0. The molecule has 0 atom stereocenters. The predicted octanol–water partition coefficient (Wildman–Crippen LogP) is 4.93. The molecule has 0 fully saturated rings. The van der Waals surface area contributed by atoms with Crippen molar-refractivity contribution in [2.24, 2.45) is 0 Å². The number of anilines is 4. The van der Waals surface area contributed by atoms with E-state index in [0.717, 1.165) is 34.4 Å². The Bertz CT molecular complexity index is 994. The first kappa shape index (κ1) is 17.1. The molecule has 0 radical (unpaired) electrons. The summed E-state index contributed by atoms with van der Waals surface area (Å²) in [6.45, 7) is 8.51. The molecule has 0 saturated heterocycles. The third-order valence-corrected chi connectivity index (χ3v) is 4.41. The van der Waals surface area contributed by atoms with Gasteiger partial charge in [0.15, 0.2) is 11.5 Å². The van der Waals surface area contributed by atoms with Crippen molar-refractivity contribution in [2.45, 2.75) is 27.7 Å². The lowest BCUT2D eigenvalue weighted by Crippen LogP contribution is -2.04. The van der Waals surface area contributed by atoms with Crippen molar-refractivity contribution in [2.75, 3.05) is 17.4 Å². The smallest absolute Gasteiger partial charge is 0.231 e. The second kappa shape index (κ2) is 6.79. The Morgan fingerprint density at radius 1 is 0.815 bits per heavy atom. The van der Waals surface area contributed by atoms with Crippen LogP contribution in [-0.4, -0.2) is 16.8 Å². The van der Waals surface area contributed by atoms with Crippen LogP contribution in [0.1, 0.15) is 22.4 Å². The highest BCUT2D eigenvalue weighted by atomic mass is 16.7. The van der Waals surface area contributed by atoms with Crippen LogP contribution in [0.5, 0.6) is 11.5 Å². The van der Waals surface area contributed by atoms with Crippen molar-refractivity contribution < 1.29 is 9.47 Å². The van der Waals surface area contributed by atoms with E-state index in [0.29, 0.717) is 5.95 Å². The SMILES string of the molecule is Cc1cc(C)c(Nc2cc(C)nc(Nc3ccc4c(c3)OCO4)n2)c(C)c1. The summed E-state index contributed by atoms with van der Waals surface area (Å²) < 4.78 is 10.8. The van der Waals surface area contributed by atoms with E-state index in [1.807, 2.05) is 31.2 Å². The number of nitrogens with one attached hydrogen (secondary N) is 2. The number of fused-ring (bicyclic) bond motifs is 1. The Balaban J connectivity index is 1.60. The van der Waals surface area contributed by atoms with Crippen LogP contribution in [0.15, 0.2) is 36.4 Å². The zero-order valence-electron chi connectivity index (χ0n) is 15.9. The molecular weight excluding hydrogens is 340 g/mol. The molecular formula is C21H22N4O2. The fraction of sp³-hybridized carbons (Fsp3) is 0.238. The molecule has 1 aliphatic heterocycles. The summed E-state index contributed by atoms with van der Waals surface area (Å²) in [5.41, 5.74) is 6.42. The third-order valence-electron chi connectivity index (χ3n) is 4.41. The number of rotatable bonds is 4. The van der Waals surface area contributed by atoms with Crippen LogP contribution in [0, 0.1) is 27.7 Å². The van der Waals surface area contributed by atoms with Gasteiger partial charge in [0.2, 0.25) is 12.7 Å². The molecule has 0 saturated carbocycles. The first-order valence-electron chi connectivity index (χ1n) is 8.85. The average Bonchev–Trinajstić information content (AvgIpc) is 3.05. The van der Waals surface area contributed by atoms with Gasteiger partial charge in [-0.05, 0) is 51.0 Å². The molecule has 6 heteroatoms. The Morgan fingerprint density at radius 3 is 2.33 bits per heavy atom. The Kier molecular flexibility index (Phi) is 4.32. The van der Waals surface area contributed by atoms with Crippen LogP contribution in [0.25, 0.3) is 0 Å². The van der Waals surface area contributed by atoms with Gasteiger partial charge in [0.05, 0.1) is 0 Å². The van der Waals surface area contributed by atoms with Gasteiger partial charge in [-0.3, -0.25) is 0 Å². The molecule has 6 nitrogen and oxygen atoms in total. The number of ether oxygens (including phenoxy) is 2. The molecule has 27 heavy (non-hydrogen) atoms. The van der Waals surface area contributed by atoms with E-state index in [4.69, 9.17) is 9.47 Å². The predicted molar refractivity (Wildman–Crippen MR) is 107 cm³/mol. The normalized spacial score (nSPS) is 12.1. The second-order valence-corrected chi connectivity index (χ2v) is 6.81. The van der Waals surface area contributed by atoms with E-state index in [1.54, 1.807) is 0 Å². The van der Waals surface area contributed by atoms with Crippen molar-refractivity contribution in [1.82, 2.24) is 9.97 Å². The quantitative estimate of drug-likeness (QED) is 0.686. The number of hydrogen-bond donors (Lipinski definition) is 2. The van der Waals surface area contributed by atoms with Crippen molar-refractivity contribution >= 4 is 23.1 Å². The number of aryl methyl sites for hydroxylation is 4. The molecule has 0 bridgehead atoms. The summed E-state index contributed by atoms with van der Waals surface area (Å²) in [5.74, 6) is 2.75. The van der Waals surface area contributed by atoms with Crippen molar-refractivity contribution in [3.05, 3.63) is 58.8 Å². The zero-order chi connectivity index (χ0) is 19.0. The van der Waals surface area contributed by atoms with Crippen LogP contribution < -0.4 is 20.1 Å². The van der Waals surface area contributed by atoms with Crippen molar-refractivity contribution in [1.29, 1.82) is 0 Å². The zero-order valence-corrected chi connectivity index (χ0v) is 15.9. The molecule has 0 unspecified atom stereocenters. The lowest BCUT2D eigenvalue weighted by molar-refractivity contribution is 0.174. The molecule has 2 N–H and O–H groups in total. The Morgan fingerprint density at radius 2 is 1.56 bits per heavy atom. The maximum Gasteiger partial charge on any atom is 0.231 e. The van der Waals surface area contributed by atoms with Gasteiger partial charge in [0, 0.05) is 29.2 Å². The number of nitrogens with zero attached hydrogens (tertiary/aromatic N) is 2. The van der Waals surface area contributed by atoms with Gasteiger partial charge in [-0.25, -0.2) is 4.98 Å². The van der Waals surface area contributed by atoms with Gasteiger partial charge in [-0.2, -0.15) is 4.98 Å². The van der Waals surface area contributed by atoms with E-state index in [9.17, 15) is 0 Å². The van der Waals surface area contributed by atoms with Crippen molar-refractivity contribution in [3.63, 3.8) is 0 Å². The highest BCUT2D eigenvalue weighted by molar-refractivity contribution is 5.67. The topological polar surface area (TPSA) is 68.3 Å². The highest BCUT2D eigenvalue weighted by Gasteiger charge is 2.14. The summed E-state index contributed by atoms with van der Waals surface area (Å²) >= 11 is 0. The minimum Gasteiger partial charge on any atom is -0.454 e. The molecule has 2 heterocycles. The van der Waals surface area contributed by atoms with E-state index < -0.39 is 0 Å². The Hall–Kier alpha value is -3.28.